The van der Waals surface area contributed by atoms with E-state index in [9.17, 15) is 9.18 Å². The van der Waals surface area contributed by atoms with Crippen molar-refractivity contribution in [1.82, 2.24) is 10.3 Å². The SMILES string of the molecule is Cc1sc(NC(=O)C2CC23CCNCC3)nc1-c1ccc(F)cc1.Cl. The van der Waals surface area contributed by atoms with Gasteiger partial charge in [0, 0.05) is 16.4 Å². The van der Waals surface area contributed by atoms with Crippen LogP contribution in [-0.2, 0) is 4.79 Å². The van der Waals surface area contributed by atoms with Gasteiger partial charge >= 0.3 is 0 Å². The Labute approximate surface area is 156 Å². The number of benzene rings is 1. The van der Waals surface area contributed by atoms with Crippen molar-refractivity contribution in [1.29, 1.82) is 0 Å². The maximum Gasteiger partial charge on any atom is 0.229 e. The van der Waals surface area contributed by atoms with Crippen LogP contribution >= 0.6 is 23.7 Å². The number of amides is 1. The summed E-state index contributed by atoms with van der Waals surface area (Å²) in [5, 5.41) is 6.98. The third kappa shape index (κ3) is 3.57. The van der Waals surface area contributed by atoms with Crippen molar-refractivity contribution >= 4 is 34.8 Å². The van der Waals surface area contributed by atoms with Crippen LogP contribution in [0.4, 0.5) is 9.52 Å². The van der Waals surface area contributed by atoms with Crippen LogP contribution in [0.1, 0.15) is 24.1 Å². The largest absolute Gasteiger partial charge is 0.317 e. The average Bonchev–Trinajstić information content (AvgIpc) is 3.14. The molecule has 2 N–H and O–H groups in total. The topological polar surface area (TPSA) is 54.0 Å². The van der Waals surface area contributed by atoms with E-state index in [1.165, 1.54) is 23.5 Å². The Morgan fingerprint density at radius 1 is 1.32 bits per heavy atom. The summed E-state index contributed by atoms with van der Waals surface area (Å²) in [6, 6.07) is 6.29. The van der Waals surface area contributed by atoms with Gasteiger partial charge in [0.25, 0.3) is 0 Å². The highest BCUT2D eigenvalue weighted by molar-refractivity contribution is 7.16. The molecule has 1 aliphatic carbocycles. The third-order valence-corrected chi connectivity index (χ3v) is 6.14. The fourth-order valence-corrected chi connectivity index (χ4v) is 4.55. The Kier molecular flexibility index (Phi) is 5.14. The molecule has 1 amide bonds. The van der Waals surface area contributed by atoms with Gasteiger partial charge in [0.1, 0.15) is 5.82 Å². The molecular weight excluding hydrogens is 361 g/mol. The normalized spacial score (nSPS) is 20.8. The lowest BCUT2D eigenvalue weighted by molar-refractivity contribution is -0.118. The van der Waals surface area contributed by atoms with Crippen LogP contribution < -0.4 is 10.6 Å². The number of nitrogens with zero attached hydrogens (tertiary/aromatic N) is 1. The van der Waals surface area contributed by atoms with Gasteiger partial charge in [-0.3, -0.25) is 4.79 Å². The molecule has 1 atom stereocenters. The summed E-state index contributed by atoms with van der Waals surface area (Å²) in [6.07, 6.45) is 3.17. The summed E-state index contributed by atoms with van der Waals surface area (Å²) in [5.74, 6) is -0.0458. The van der Waals surface area contributed by atoms with Gasteiger partial charge in [0.2, 0.25) is 5.91 Å². The highest BCUT2D eigenvalue weighted by atomic mass is 35.5. The lowest BCUT2D eigenvalue weighted by atomic mass is 9.92. The summed E-state index contributed by atoms with van der Waals surface area (Å²) in [6.45, 7) is 3.99. The van der Waals surface area contributed by atoms with Crippen LogP contribution in [-0.4, -0.2) is 24.0 Å². The Hall–Kier alpha value is -1.50. The maximum atomic E-state index is 13.1. The van der Waals surface area contributed by atoms with E-state index in [-0.39, 0.29) is 35.5 Å². The molecule has 2 fully saturated rings. The quantitative estimate of drug-likeness (QED) is 0.844. The number of nitrogens with one attached hydrogen (secondary N) is 2. The zero-order chi connectivity index (χ0) is 16.7. The van der Waals surface area contributed by atoms with E-state index in [0.717, 1.165) is 48.5 Å². The molecule has 1 unspecified atom stereocenters. The number of thiazole rings is 1. The summed E-state index contributed by atoms with van der Waals surface area (Å²) in [7, 11) is 0. The van der Waals surface area contributed by atoms with Gasteiger partial charge in [-0.2, -0.15) is 0 Å². The fraction of sp³-hybridized carbons (Fsp3) is 0.444. The van der Waals surface area contributed by atoms with Crippen molar-refractivity contribution in [3.63, 3.8) is 0 Å². The van der Waals surface area contributed by atoms with Crippen LogP contribution in [0.25, 0.3) is 11.3 Å². The highest BCUT2D eigenvalue weighted by Crippen LogP contribution is 2.58. The highest BCUT2D eigenvalue weighted by Gasteiger charge is 2.57. The first-order valence-corrected chi connectivity index (χ1v) is 9.14. The molecule has 25 heavy (non-hydrogen) atoms. The van der Waals surface area contributed by atoms with Gasteiger partial charge < -0.3 is 10.6 Å². The number of rotatable bonds is 3. The van der Waals surface area contributed by atoms with Gasteiger partial charge in [-0.05, 0) is 69.0 Å². The Morgan fingerprint density at radius 3 is 2.68 bits per heavy atom. The second-order valence-corrected chi connectivity index (χ2v) is 7.99. The van der Waals surface area contributed by atoms with E-state index in [2.05, 4.69) is 15.6 Å². The molecular formula is C18H21ClFN3OS. The zero-order valence-corrected chi connectivity index (χ0v) is 15.6. The van der Waals surface area contributed by atoms with Gasteiger partial charge in [-0.1, -0.05) is 0 Å². The molecule has 4 nitrogen and oxygen atoms in total. The van der Waals surface area contributed by atoms with Crippen molar-refractivity contribution in [2.45, 2.75) is 26.2 Å². The number of anilines is 1. The number of halogens is 2. The first kappa shape index (κ1) is 18.3. The minimum absolute atomic E-state index is 0. The number of hydrogen-bond donors (Lipinski definition) is 2. The van der Waals surface area contributed by atoms with Gasteiger partial charge in [0.05, 0.1) is 5.69 Å². The van der Waals surface area contributed by atoms with E-state index in [0.29, 0.717) is 5.13 Å². The molecule has 0 bridgehead atoms. The number of carbonyl (C=O) groups is 1. The average molecular weight is 382 g/mol. The first-order valence-electron chi connectivity index (χ1n) is 8.32. The number of aromatic nitrogens is 1. The van der Waals surface area contributed by atoms with Crippen molar-refractivity contribution in [3.05, 3.63) is 35.0 Å². The summed E-state index contributed by atoms with van der Waals surface area (Å²) in [5.41, 5.74) is 1.90. The Bertz CT molecular complexity index is 771. The molecule has 134 valence electrons. The van der Waals surface area contributed by atoms with Crippen LogP contribution in [0.3, 0.4) is 0 Å². The molecule has 4 rings (SSSR count). The van der Waals surface area contributed by atoms with Crippen molar-refractivity contribution in [2.24, 2.45) is 11.3 Å². The lowest BCUT2D eigenvalue weighted by Gasteiger charge is -2.22. The molecule has 2 aliphatic rings. The van der Waals surface area contributed by atoms with Gasteiger partial charge in [-0.25, -0.2) is 9.37 Å². The Balaban J connectivity index is 0.00000182. The predicted molar refractivity (Wildman–Crippen MR) is 101 cm³/mol. The van der Waals surface area contributed by atoms with E-state index in [1.54, 1.807) is 12.1 Å². The van der Waals surface area contributed by atoms with Crippen LogP contribution in [0.15, 0.2) is 24.3 Å². The second kappa shape index (κ2) is 7.02. The van der Waals surface area contributed by atoms with Crippen LogP contribution in [0, 0.1) is 24.1 Å². The fourth-order valence-electron chi connectivity index (χ4n) is 3.71. The van der Waals surface area contributed by atoms with Gasteiger partial charge in [-0.15, -0.1) is 23.7 Å². The molecule has 1 aromatic heterocycles. The number of carbonyl (C=O) groups excluding carboxylic acids is 1. The molecule has 2 aromatic rings. The molecule has 1 spiro atoms. The summed E-state index contributed by atoms with van der Waals surface area (Å²) in [4.78, 5) is 18.1. The number of aryl methyl sites for hydroxylation is 1. The standard InChI is InChI=1S/C18H20FN3OS.ClH/c1-11-15(12-2-4-13(19)5-3-12)21-17(24-11)22-16(23)14-10-18(14)6-8-20-9-7-18;/h2-5,14,20H,6-10H2,1H3,(H,21,22,23);1H. The third-order valence-electron chi connectivity index (χ3n) is 5.25. The molecule has 0 radical (unpaired) electrons. The number of piperidine rings is 1. The van der Waals surface area contributed by atoms with Crippen molar-refractivity contribution < 1.29 is 9.18 Å². The zero-order valence-electron chi connectivity index (χ0n) is 14.0. The minimum Gasteiger partial charge on any atom is -0.317 e. The molecule has 2 heterocycles. The number of hydrogen-bond acceptors (Lipinski definition) is 4. The summed E-state index contributed by atoms with van der Waals surface area (Å²) < 4.78 is 13.1. The van der Waals surface area contributed by atoms with Crippen LogP contribution in [0.2, 0.25) is 0 Å². The van der Waals surface area contributed by atoms with Gasteiger partial charge in [0.15, 0.2) is 5.13 Å². The molecule has 1 saturated heterocycles. The minimum atomic E-state index is -0.263. The van der Waals surface area contributed by atoms with E-state index in [1.807, 2.05) is 6.92 Å². The second-order valence-electron chi connectivity index (χ2n) is 6.79. The van der Waals surface area contributed by atoms with E-state index in [4.69, 9.17) is 0 Å². The van der Waals surface area contributed by atoms with E-state index >= 15 is 0 Å². The molecule has 1 saturated carbocycles. The first-order chi connectivity index (χ1) is 11.6. The van der Waals surface area contributed by atoms with E-state index < -0.39 is 0 Å². The monoisotopic (exact) mass is 381 g/mol. The lowest BCUT2D eigenvalue weighted by Crippen LogP contribution is -2.31. The maximum absolute atomic E-state index is 13.1. The molecule has 1 aromatic carbocycles. The molecule has 1 aliphatic heterocycles. The van der Waals surface area contributed by atoms with Crippen LogP contribution in [0.5, 0.6) is 0 Å². The predicted octanol–water partition coefficient (Wildman–Crippen LogP) is 4.01. The Morgan fingerprint density at radius 2 is 2.00 bits per heavy atom. The smallest absolute Gasteiger partial charge is 0.229 e. The summed E-state index contributed by atoms with van der Waals surface area (Å²) >= 11 is 1.47. The van der Waals surface area contributed by atoms with Crippen molar-refractivity contribution in [2.75, 3.05) is 18.4 Å². The molecule has 7 heteroatoms. The van der Waals surface area contributed by atoms with Crippen molar-refractivity contribution in [3.8, 4) is 11.3 Å².